The second-order valence-corrected chi connectivity index (χ2v) is 4.77. The number of phenolic OH excluding ortho intramolecular Hbond substituents is 1. The van der Waals surface area contributed by atoms with Crippen molar-refractivity contribution in [3.05, 3.63) is 49.5 Å². The molecule has 2 aromatic rings. The van der Waals surface area contributed by atoms with E-state index in [1.54, 1.807) is 23.6 Å². The van der Waals surface area contributed by atoms with Crippen LogP contribution >= 0.6 is 22.9 Å². The topological polar surface area (TPSA) is 65.1 Å². The Hall–Kier alpha value is -1.30. The fourth-order valence-corrected chi connectivity index (χ4v) is 2.21. The molecule has 0 unspecified atom stereocenters. The van der Waals surface area contributed by atoms with Crippen molar-refractivity contribution in [2.45, 2.75) is 13.1 Å². The van der Waals surface area contributed by atoms with Gasteiger partial charge >= 0.3 is 4.87 Å². The summed E-state index contributed by atoms with van der Waals surface area (Å²) in [6, 6.07) is 5.22. The number of nitrogens with one attached hydrogen (secondary N) is 2. The van der Waals surface area contributed by atoms with Crippen molar-refractivity contribution in [2.24, 2.45) is 0 Å². The number of thiazole rings is 1. The van der Waals surface area contributed by atoms with Crippen molar-refractivity contribution >= 4 is 22.9 Å². The first-order valence-electron chi connectivity index (χ1n) is 5.00. The maximum absolute atomic E-state index is 10.9. The van der Waals surface area contributed by atoms with E-state index in [1.807, 2.05) is 0 Å². The number of hydrogen-bond acceptors (Lipinski definition) is 4. The highest BCUT2D eigenvalue weighted by molar-refractivity contribution is 7.07. The zero-order valence-corrected chi connectivity index (χ0v) is 10.4. The minimum atomic E-state index is -0.0626. The Morgan fingerprint density at radius 1 is 1.41 bits per heavy atom. The van der Waals surface area contributed by atoms with Gasteiger partial charge in [0.2, 0.25) is 0 Å². The second-order valence-electron chi connectivity index (χ2n) is 3.52. The van der Waals surface area contributed by atoms with E-state index in [9.17, 15) is 9.90 Å². The molecule has 90 valence electrons. The number of rotatable bonds is 4. The van der Waals surface area contributed by atoms with E-state index in [4.69, 9.17) is 11.6 Å². The zero-order chi connectivity index (χ0) is 12.3. The molecule has 17 heavy (non-hydrogen) atoms. The molecule has 0 saturated carbocycles. The fourth-order valence-electron chi connectivity index (χ4n) is 1.44. The minimum absolute atomic E-state index is 0.0626. The third-order valence-electron chi connectivity index (χ3n) is 2.27. The number of benzene rings is 1. The number of aromatic nitrogens is 1. The summed E-state index contributed by atoms with van der Waals surface area (Å²) in [5.74, 6) is 0.0977. The van der Waals surface area contributed by atoms with E-state index in [0.717, 1.165) is 22.6 Å². The van der Waals surface area contributed by atoms with Gasteiger partial charge in [0.05, 0.1) is 5.02 Å². The van der Waals surface area contributed by atoms with Crippen molar-refractivity contribution in [3.8, 4) is 5.75 Å². The summed E-state index contributed by atoms with van der Waals surface area (Å²) in [6.07, 6.45) is 0. The Balaban J connectivity index is 1.94. The number of H-pyrrole nitrogens is 1. The van der Waals surface area contributed by atoms with E-state index in [-0.39, 0.29) is 10.6 Å². The van der Waals surface area contributed by atoms with Crippen LogP contribution in [0.3, 0.4) is 0 Å². The molecule has 0 spiro atoms. The van der Waals surface area contributed by atoms with Crippen molar-refractivity contribution < 1.29 is 5.11 Å². The number of phenols is 1. The van der Waals surface area contributed by atoms with Gasteiger partial charge in [0.1, 0.15) is 5.75 Å². The zero-order valence-electron chi connectivity index (χ0n) is 8.87. The Bertz CT molecular complexity index is 565. The molecule has 1 aromatic heterocycles. The Morgan fingerprint density at radius 2 is 2.24 bits per heavy atom. The second kappa shape index (κ2) is 5.35. The Labute approximate surface area is 107 Å². The number of halogens is 1. The predicted molar refractivity (Wildman–Crippen MR) is 68.6 cm³/mol. The van der Waals surface area contributed by atoms with Gasteiger partial charge in [-0.25, -0.2) is 0 Å². The van der Waals surface area contributed by atoms with Crippen molar-refractivity contribution in [2.75, 3.05) is 0 Å². The first-order chi connectivity index (χ1) is 8.16. The SMILES string of the molecule is O=c1[nH]c(CNCc2cccc(Cl)c2O)cs1. The number of para-hydroxylation sites is 1. The molecule has 4 nitrogen and oxygen atoms in total. The molecular formula is C11H11ClN2O2S. The van der Waals surface area contributed by atoms with E-state index in [0.29, 0.717) is 18.1 Å². The van der Waals surface area contributed by atoms with Crippen LogP contribution in [0.4, 0.5) is 0 Å². The summed E-state index contributed by atoms with van der Waals surface area (Å²) in [6.45, 7) is 1.04. The lowest BCUT2D eigenvalue weighted by Crippen LogP contribution is -2.13. The number of hydrogen-bond donors (Lipinski definition) is 3. The molecule has 0 atom stereocenters. The summed E-state index contributed by atoms with van der Waals surface area (Å²) in [7, 11) is 0. The first-order valence-corrected chi connectivity index (χ1v) is 6.26. The molecule has 0 saturated heterocycles. The minimum Gasteiger partial charge on any atom is -0.506 e. The van der Waals surface area contributed by atoms with Gasteiger partial charge in [0.25, 0.3) is 0 Å². The van der Waals surface area contributed by atoms with Gasteiger partial charge in [-0.3, -0.25) is 4.79 Å². The number of aromatic hydroxyl groups is 1. The van der Waals surface area contributed by atoms with E-state index in [1.165, 1.54) is 0 Å². The summed E-state index contributed by atoms with van der Waals surface area (Å²) in [5, 5.41) is 14.9. The van der Waals surface area contributed by atoms with Crippen LogP contribution in [0.2, 0.25) is 5.02 Å². The maximum atomic E-state index is 10.9. The van der Waals surface area contributed by atoms with Crippen molar-refractivity contribution in [3.63, 3.8) is 0 Å². The van der Waals surface area contributed by atoms with E-state index < -0.39 is 0 Å². The van der Waals surface area contributed by atoms with Gasteiger partial charge in [0, 0.05) is 29.7 Å². The highest BCUT2D eigenvalue weighted by Crippen LogP contribution is 2.26. The Morgan fingerprint density at radius 3 is 2.94 bits per heavy atom. The molecule has 0 aliphatic rings. The first kappa shape index (κ1) is 12.2. The van der Waals surface area contributed by atoms with Crippen LogP contribution in [0, 0.1) is 0 Å². The molecule has 2 rings (SSSR count). The molecule has 6 heteroatoms. The monoisotopic (exact) mass is 270 g/mol. The quantitative estimate of drug-likeness (QED) is 0.797. The van der Waals surface area contributed by atoms with Gasteiger partial charge in [-0.05, 0) is 6.07 Å². The molecule has 3 N–H and O–H groups in total. The smallest absolute Gasteiger partial charge is 0.304 e. The third kappa shape index (κ3) is 3.09. The van der Waals surface area contributed by atoms with Crippen LogP contribution < -0.4 is 10.2 Å². The molecule has 1 aromatic carbocycles. The predicted octanol–water partition coefficient (Wildman–Crippen LogP) is 2.09. The molecule has 0 aliphatic carbocycles. The maximum Gasteiger partial charge on any atom is 0.304 e. The van der Waals surface area contributed by atoms with Gasteiger partial charge in [-0.1, -0.05) is 35.1 Å². The largest absolute Gasteiger partial charge is 0.506 e. The summed E-state index contributed by atoms with van der Waals surface area (Å²) >= 11 is 6.92. The summed E-state index contributed by atoms with van der Waals surface area (Å²) in [5.41, 5.74) is 1.57. The summed E-state index contributed by atoms with van der Waals surface area (Å²) < 4.78 is 0. The molecule has 1 heterocycles. The lowest BCUT2D eigenvalue weighted by Gasteiger charge is -2.06. The highest BCUT2D eigenvalue weighted by atomic mass is 35.5. The lowest BCUT2D eigenvalue weighted by atomic mass is 10.2. The normalized spacial score (nSPS) is 10.6. The van der Waals surface area contributed by atoms with Gasteiger partial charge in [0.15, 0.2) is 0 Å². The third-order valence-corrected chi connectivity index (χ3v) is 3.30. The van der Waals surface area contributed by atoms with Crippen LogP contribution in [-0.2, 0) is 13.1 Å². The molecule has 0 radical (unpaired) electrons. The number of aromatic amines is 1. The standard InChI is InChI=1S/C11H11ClN2O2S/c12-9-3-1-2-7(10(9)15)4-13-5-8-6-17-11(16)14-8/h1-3,6,13,15H,4-5H2,(H,14,16). The fraction of sp³-hybridized carbons (Fsp3) is 0.182. The van der Waals surface area contributed by atoms with Crippen LogP contribution in [0.1, 0.15) is 11.3 Å². The van der Waals surface area contributed by atoms with Crippen molar-refractivity contribution in [1.29, 1.82) is 0 Å². The van der Waals surface area contributed by atoms with Gasteiger partial charge in [-0.15, -0.1) is 0 Å². The Kier molecular flexibility index (Phi) is 3.83. The molecular weight excluding hydrogens is 260 g/mol. The van der Waals surface area contributed by atoms with Crippen LogP contribution in [0.5, 0.6) is 5.75 Å². The van der Waals surface area contributed by atoms with Crippen LogP contribution in [0.25, 0.3) is 0 Å². The summed E-state index contributed by atoms with van der Waals surface area (Å²) in [4.78, 5) is 13.5. The molecule has 0 aliphatic heterocycles. The molecule has 0 fully saturated rings. The average Bonchev–Trinajstić information content (AvgIpc) is 2.70. The molecule has 0 amide bonds. The van der Waals surface area contributed by atoms with Gasteiger partial charge in [-0.2, -0.15) is 0 Å². The van der Waals surface area contributed by atoms with Crippen molar-refractivity contribution in [1.82, 2.24) is 10.3 Å². The van der Waals surface area contributed by atoms with E-state index >= 15 is 0 Å². The highest BCUT2D eigenvalue weighted by Gasteiger charge is 2.04. The van der Waals surface area contributed by atoms with Crippen LogP contribution in [0.15, 0.2) is 28.4 Å². The van der Waals surface area contributed by atoms with E-state index in [2.05, 4.69) is 10.3 Å². The average molecular weight is 271 g/mol. The van der Waals surface area contributed by atoms with Crippen LogP contribution in [-0.4, -0.2) is 10.1 Å². The van der Waals surface area contributed by atoms with Gasteiger partial charge < -0.3 is 15.4 Å². The molecule has 0 bridgehead atoms. The lowest BCUT2D eigenvalue weighted by molar-refractivity contribution is 0.464.